The summed E-state index contributed by atoms with van der Waals surface area (Å²) in [6.45, 7) is 1.76. The summed E-state index contributed by atoms with van der Waals surface area (Å²) in [4.78, 5) is 23.4. The number of amides is 2. The minimum absolute atomic E-state index is 0.157. The Kier molecular flexibility index (Phi) is 5.46. The van der Waals surface area contributed by atoms with Crippen molar-refractivity contribution in [2.75, 3.05) is 6.54 Å². The number of hydrazone groups is 1. The molecule has 0 aromatic heterocycles. The van der Waals surface area contributed by atoms with Gasteiger partial charge < -0.3 is 10.4 Å². The molecule has 2 aromatic carbocycles. The summed E-state index contributed by atoms with van der Waals surface area (Å²) in [6.07, 6.45) is 1.44. The molecule has 0 aliphatic carbocycles. The second kappa shape index (κ2) is 7.74. The zero-order valence-electron chi connectivity index (χ0n) is 12.6. The van der Waals surface area contributed by atoms with Crippen LogP contribution in [-0.4, -0.2) is 29.7 Å². The van der Waals surface area contributed by atoms with Gasteiger partial charge in [-0.15, -0.1) is 0 Å². The fraction of sp³-hybridized carbons (Fsp3) is 0.118. The van der Waals surface area contributed by atoms with Crippen molar-refractivity contribution in [1.29, 1.82) is 0 Å². The minimum atomic E-state index is -0.430. The summed E-state index contributed by atoms with van der Waals surface area (Å²) in [7, 11) is 0. The fourth-order valence-electron chi connectivity index (χ4n) is 1.75. The summed E-state index contributed by atoms with van der Waals surface area (Å²) in [6, 6.07) is 13.4. The molecule has 118 valence electrons. The van der Waals surface area contributed by atoms with Gasteiger partial charge in [-0.2, -0.15) is 5.10 Å². The van der Waals surface area contributed by atoms with Crippen LogP contribution in [-0.2, 0) is 4.79 Å². The Morgan fingerprint density at radius 2 is 1.74 bits per heavy atom. The van der Waals surface area contributed by atoms with E-state index in [1.165, 1.54) is 18.3 Å². The molecule has 0 saturated carbocycles. The summed E-state index contributed by atoms with van der Waals surface area (Å²) in [5.74, 6) is -0.590. The molecule has 0 unspecified atom stereocenters. The largest absolute Gasteiger partial charge is 0.508 e. The highest BCUT2D eigenvalue weighted by atomic mass is 16.3. The molecule has 0 aliphatic rings. The topological polar surface area (TPSA) is 90.8 Å². The van der Waals surface area contributed by atoms with E-state index in [1.54, 1.807) is 24.3 Å². The van der Waals surface area contributed by atoms with Gasteiger partial charge in [0.25, 0.3) is 11.8 Å². The Morgan fingerprint density at radius 3 is 2.39 bits per heavy atom. The molecule has 0 heterocycles. The van der Waals surface area contributed by atoms with Gasteiger partial charge in [-0.25, -0.2) is 5.43 Å². The lowest BCUT2D eigenvalue weighted by atomic mass is 10.1. The van der Waals surface area contributed by atoms with Crippen LogP contribution in [0.25, 0.3) is 0 Å². The number of aromatic hydroxyl groups is 1. The van der Waals surface area contributed by atoms with Crippen molar-refractivity contribution in [1.82, 2.24) is 10.7 Å². The maximum Gasteiger partial charge on any atom is 0.259 e. The molecule has 6 heteroatoms. The third-order valence-electron chi connectivity index (χ3n) is 3.02. The molecule has 0 aliphatic heterocycles. The van der Waals surface area contributed by atoms with Crippen molar-refractivity contribution < 1.29 is 14.7 Å². The first-order valence-electron chi connectivity index (χ1n) is 7.00. The van der Waals surface area contributed by atoms with Crippen LogP contribution in [0, 0.1) is 6.92 Å². The number of phenolic OH excluding ortho intramolecular Hbond substituents is 1. The van der Waals surface area contributed by atoms with Crippen LogP contribution < -0.4 is 10.7 Å². The van der Waals surface area contributed by atoms with Crippen molar-refractivity contribution in [3.63, 3.8) is 0 Å². The molecule has 6 nitrogen and oxygen atoms in total. The molecule has 0 bridgehead atoms. The standard InChI is InChI=1S/C17H17N3O3/c1-12-2-6-14(7-3-12)17(23)18-11-16(22)20-19-10-13-4-8-15(21)9-5-13/h2-10,21H,11H2,1H3,(H,18,23)(H,20,22)/b19-10-. The van der Waals surface area contributed by atoms with Gasteiger partial charge in [0.15, 0.2) is 0 Å². The molecular weight excluding hydrogens is 294 g/mol. The molecule has 0 fully saturated rings. The number of benzene rings is 2. The van der Waals surface area contributed by atoms with Crippen LogP contribution in [0.15, 0.2) is 53.6 Å². The Bertz CT molecular complexity index is 707. The quantitative estimate of drug-likeness (QED) is 0.578. The number of phenols is 1. The number of aryl methyl sites for hydroxylation is 1. The molecular formula is C17H17N3O3. The predicted molar refractivity (Wildman–Crippen MR) is 87.4 cm³/mol. The normalized spacial score (nSPS) is 10.5. The van der Waals surface area contributed by atoms with Crippen molar-refractivity contribution in [2.45, 2.75) is 6.92 Å². The van der Waals surface area contributed by atoms with Gasteiger partial charge in [0, 0.05) is 5.56 Å². The van der Waals surface area contributed by atoms with Gasteiger partial charge in [0.1, 0.15) is 5.75 Å². The average Bonchev–Trinajstić information content (AvgIpc) is 2.55. The number of rotatable bonds is 5. The predicted octanol–water partition coefficient (Wildman–Crippen LogP) is 1.58. The van der Waals surface area contributed by atoms with Gasteiger partial charge in [-0.3, -0.25) is 9.59 Å². The highest BCUT2D eigenvalue weighted by Crippen LogP contribution is 2.07. The Morgan fingerprint density at radius 1 is 1.09 bits per heavy atom. The monoisotopic (exact) mass is 311 g/mol. The summed E-state index contributed by atoms with van der Waals surface area (Å²) >= 11 is 0. The third-order valence-corrected chi connectivity index (χ3v) is 3.02. The van der Waals surface area contributed by atoms with Gasteiger partial charge in [0.2, 0.25) is 0 Å². The van der Waals surface area contributed by atoms with Crippen molar-refractivity contribution in [3.8, 4) is 5.75 Å². The highest BCUT2D eigenvalue weighted by molar-refractivity contribution is 5.96. The highest BCUT2D eigenvalue weighted by Gasteiger charge is 2.06. The fourth-order valence-corrected chi connectivity index (χ4v) is 1.75. The van der Waals surface area contributed by atoms with Gasteiger partial charge in [-0.05, 0) is 48.9 Å². The number of carbonyl (C=O) groups excluding carboxylic acids is 2. The molecule has 0 spiro atoms. The van der Waals surface area contributed by atoms with Crippen molar-refractivity contribution in [2.24, 2.45) is 5.10 Å². The number of nitrogens with one attached hydrogen (secondary N) is 2. The lowest BCUT2D eigenvalue weighted by Gasteiger charge is -2.04. The molecule has 3 N–H and O–H groups in total. The molecule has 0 radical (unpaired) electrons. The molecule has 2 rings (SSSR count). The molecule has 0 atom stereocenters. The van der Waals surface area contributed by atoms with E-state index in [0.717, 1.165) is 11.1 Å². The first-order valence-corrected chi connectivity index (χ1v) is 7.00. The Hall–Kier alpha value is -3.15. The van der Waals surface area contributed by atoms with Crippen molar-refractivity contribution in [3.05, 3.63) is 65.2 Å². The van der Waals surface area contributed by atoms with Crippen LogP contribution in [0.3, 0.4) is 0 Å². The Labute approximate surface area is 133 Å². The van der Waals surface area contributed by atoms with E-state index in [9.17, 15) is 9.59 Å². The summed E-state index contributed by atoms with van der Waals surface area (Å²) in [5.41, 5.74) is 4.60. The van der Waals surface area contributed by atoms with E-state index in [2.05, 4.69) is 15.8 Å². The van der Waals surface area contributed by atoms with Crippen LogP contribution in [0.5, 0.6) is 5.75 Å². The molecule has 2 aromatic rings. The molecule has 0 saturated heterocycles. The minimum Gasteiger partial charge on any atom is -0.508 e. The van der Waals surface area contributed by atoms with E-state index in [-0.39, 0.29) is 18.2 Å². The Balaban J connectivity index is 1.77. The molecule has 23 heavy (non-hydrogen) atoms. The van der Waals surface area contributed by atoms with Gasteiger partial charge in [0.05, 0.1) is 12.8 Å². The van der Waals surface area contributed by atoms with E-state index < -0.39 is 5.91 Å². The van der Waals surface area contributed by atoms with Crippen LogP contribution >= 0.6 is 0 Å². The van der Waals surface area contributed by atoms with Crippen molar-refractivity contribution >= 4 is 18.0 Å². The smallest absolute Gasteiger partial charge is 0.259 e. The molecule has 2 amide bonds. The third kappa shape index (κ3) is 5.28. The first kappa shape index (κ1) is 16.2. The SMILES string of the molecule is Cc1ccc(C(=O)NCC(=O)N/N=C\c2ccc(O)cc2)cc1. The van der Waals surface area contributed by atoms with E-state index in [4.69, 9.17) is 5.11 Å². The first-order chi connectivity index (χ1) is 11.0. The van der Waals surface area contributed by atoms with E-state index in [0.29, 0.717) is 5.56 Å². The maximum atomic E-state index is 11.8. The summed E-state index contributed by atoms with van der Waals surface area (Å²) < 4.78 is 0. The number of nitrogens with zero attached hydrogens (tertiary/aromatic N) is 1. The second-order valence-corrected chi connectivity index (χ2v) is 4.93. The number of hydrogen-bond donors (Lipinski definition) is 3. The van der Waals surface area contributed by atoms with Crippen LogP contribution in [0.2, 0.25) is 0 Å². The average molecular weight is 311 g/mol. The second-order valence-electron chi connectivity index (χ2n) is 4.93. The van der Waals surface area contributed by atoms with Gasteiger partial charge >= 0.3 is 0 Å². The lowest BCUT2D eigenvalue weighted by Crippen LogP contribution is -2.34. The maximum absolute atomic E-state index is 11.8. The van der Waals surface area contributed by atoms with Gasteiger partial charge in [-0.1, -0.05) is 17.7 Å². The zero-order valence-corrected chi connectivity index (χ0v) is 12.6. The summed E-state index contributed by atoms with van der Waals surface area (Å²) in [5, 5.41) is 15.4. The lowest BCUT2D eigenvalue weighted by molar-refractivity contribution is -0.120. The van der Waals surface area contributed by atoms with Crippen LogP contribution in [0.1, 0.15) is 21.5 Å². The number of carbonyl (C=O) groups is 2. The number of hydrogen-bond acceptors (Lipinski definition) is 4. The zero-order chi connectivity index (χ0) is 16.7. The van der Waals surface area contributed by atoms with E-state index in [1.807, 2.05) is 19.1 Å². The van der Waals surface area contributed by atoms with E-state index >= 15 is 0 Å². The van der Waals surface area contributed by atoms with Crippen LogP contribution in [0.4, 0.5) is 0 Å².